The maximum atomic E-state index is 13.4. The quantitative estimate of drug-likeness (QED) is 0.903. The molecule has 2 aromatic carbocycles. The van der Waals surface area contributed by atoms with Crippen LogP contribution in [0.2, 0.25) is 5.02 Å². The third-order valence-corrected chi connectivity index (χ3v) is 4.19. The van der Waals surface area contributed by atoms with Crippen LogP contribution in [-0.4, -0.2) is 15.9 Å². The van der Waals surface area contributed by atoms with Crippen molar-refractivity contribution in [2.75, 3.05) is 11.1 Å². The number of amides is 1. The van der Waals surface area contributed by atoms with Crippen LogP contribution in [0, 0.1) is 11.6 Å². The van der Waals surface area contributed by atoms with Gasteiger partial charge in [-0.25, -0.2) is 8.78 Å². The van der Waals surface area contributed by atoms with E-state index in [-0.39, 0.29) is 17.2 Å². The number of nitrogens with one attached hydrogen (secondary N) is 1. The van der Waals surface area contributed by atoms with Crippen LogP contribution in [0.5, 0.6) is 0 Å². The molecule has 116 valence electrons. The van der Waals surface area contributed by atoms with Crippen LogP contribution in [0.1, 0.15) is 5.56 Å². The van der Waals surface area contributed by atoms with Crippen LogP contribution in [0.3, 0.4) is 0 Å². The van der Waals surface area contributed by atoms with Gasteiger partial charge in [0, 0.05) is 27.6 Å². The Morgan fingerprint density at radius 3 is 2.64 bits per heavy atom. The van der Waals surface area contributed by atoms with E-state index >= 15 is 0 Å². The van der Waals surface area contributed by atoms with Crippen molar-refractivity contribution in [1.29, 1.82) is 0 Å². The van der Waals surface area contributed by atoms with Crippen molar-refractivity contribution in [3.8, 4) is 0 Å². The van der Waals surface area contributed by atoms with Crippen molar-refractivity contribution < 1.29 is 17.8 Å². The second kappa shape index (κ2) is 7.47. The third kappa shape index (κ3) is 4.89. The number of rotatable bonds is 5. The fourth-order valence-corrected chi connectivity index (χ4v) is 3.02. The number of carbonyl (C=O) groups is 1. The normalized spacial score (nSPS) is 12.0. The first-order valence-electron chi connectivity index (χ1n) is 6.28. The predicted octanol–water partition coefficient (Wildman–Crippen LogP) is 3.51. The summed E-state index contributed by atoms with van der Waals surface area (Å²) in [5.74, 6) is -2.34. The largest absolute Gasteiger partial charge is 0.323 e. The molecule has 22 heavy (non-hydrogen) atoms. The van der Waals surface area contributed by atoms with Crippen molar-refractivity contribution in [2.24, 2.45) is 0 Å². The van der Waals surface area contributed by atoms with E-state index in [1.54, 1.807) is 24.3 Å². The molecule has 0 aliphatic heterocycles. The molecule has 0 unspecified atom stereocenters. The minimum Gasteiger partial charge on any atom is -0.323 e. The molecule has 0 spiro atoms. The van der Waals surface area contributed by atoms with E-state index in [1.807, 2.05) is 0 Å². The lowest BCUT2D eigenvalue weighted by molar-refractivity contribution is -0.113. The highest BCUT2D eigenvalue weighted by molar-refractivity contribution is 7.84. The summed E-state index contributed by atoms with van der Waals surface area (Å²) in [6, 6.07) is 9.64. The Balaban J connectivity index is 1.92. The lowest BCUT2D eigenvalue weighted by Gasteiger charge is -2.07. The summed E-state index contributed by atoms with van der Waals surface area (Å²) in [7, 11) is -1.46. The van der Waals surface area contributed by atoms with Gasteiger partial charge in [-0.05, 0) is 29.8 Å². The summed E-state index contributed by atoms with van der Waals surface area (Å²) < 4.78 is 38.1. The fraction of sp³-hybridized carbons (Fsp3) is 0.133. The second-order valence-electron chi connectivity index (χ2n) is 4.53. The van der Waals surface area contributed by atoms with Gasteiger partial charge in [0.1, 0.15) is 17.4 Å². The van der Waals surface area contributed by atoms with E-state index in [4.69, 9.17) is 11.6 Å². The van der Waals surface area contributed by atoms with Crippen molar-refractivity contribution in [2.45, 2.75) is 5.75 Å². The Hall–Kier alpha value is -1.79. The van der Waals surface area contributed by atoms with E-state index in [9.17, 15) is 17.8 Å². The van der Waals surface area contributed by atoms with Crippen molar-refractivity contribution >= 4 is 34.0 Å². The second-order valence-corrected chi connectivity index (χ2v) is 6.42. The van der Waals surface area contributed by atoms with Crippen molar-refractivity contribution in [3.63, 3.8) is 0 Å². The molecule has 2 rings (SSSR count). The van der Waals surface area contributed by atoms with Gasteiger partial charge in [-0.2, -0.15) is 0 Å². The Bertz CT molecular complexity index is 724. The number of hydrogen-bond donors (Lipinski definition) is 1. The summed E-state index contributed by atoms with van der Waals surface area (Å²) in [4.78, 5) is 11.7. The van der Waals surface area contributed by atoms with Crippen molar-refractivity contribution in [3.05, 3.63) is 64.7 Å². The first kappa shape index (κ1) is 16.6. The molecule has 0 aliphatic carbocycles. The Kier molecular flexibility index (Phi) is 5.63. The molecule has 1 amide bonds. The van der Waals surface area contributed by atoms with Gasteiger partial charge < -0.3 is 5.32 Å². The van der Waals surface area contributed by atoms with E-state index in [2.05, 4.69) is 5.32 Å². The van der Waals surface area contributed by atoms with Gasteiger partial charge in [0.25, 0.3) is 0 Å². The molecule has 1 atom stereocenters. The van der Waals surface area contributed by atoms with E-state index in [0.717, 1.165) is 17.7 Å². The minimum atomic E-state index is -1.46. The molecule has 2 aromatic rings. The maximum absolute atomic E-state index is 13.4. The number of benzene rings is 2. The number of halogens is 3. The van der Waals surface area contributed by atoms with Gasteiger partial charge in [0.2, 0.25) is 5.91 Å². The average molecular weight is 344 g/mol. The summed E-state index contributed by atoms with van der Waals surface area (Å²) in [6.45, 7) is 0. The van der Waals surface area contributed by atoms with Gasteiger partial charge in [-0.15, -0.1) is 0 Å². The topological polar surface area (TPSA) is 46.2 Å². The third-order valence-electron chi connectivity index (χ3n) is 2.71. The van der Waals surface area contributed by atoms with Gasteiger partial charge in [0.15, 0.2) is 0 Å². The summed E-state index contributed by atoms with van der Waals surface area (Å²) in [5, 5.41) is 2.79. The van der Waals surface area contributed by atoms with Crippen LogP contribution < -0.4 is 5.32 Å². The first-order valence-corrected chi connectivity index (χ1v) is 8.15. The molecule has 3 nitrogen and oxygen atoms in total. The highest BCUT2D eigenvalue weighted by Crippen LogP contribution is 2.15. The van der Waals surface area contributed by atoms with Crippen LogP contribution >= 0.6 is 11.6 Å². The van der Waals surface area contributed by atoms with E-state index in [0.29, 0.717) is 11.1 Å². The van der Waals surface area contributed by atoms with Gasteiger partial charge in [0.05, 0.1) is 5.69 Å². The monoisotopic (exact) mass is 343 g/mol. The molecule has 1 N–H and O–H groups in total. The molecule has 0 radical (unpaired) electrons. The Morgan fingerprint density at radius 1 is 1.18 bits per heavy atom. The molecule has 0 fully saturated rings. The summed E-state index contributed by atoms with van der Waals surface area (Å²) >= 11 is 5.82. The van der Waals surface area contributed by atoms with Crippen molar-refractivity contribution in [1.82, 2.24) is 0 Å². The number of carbonyl (C=O) groups excluding carboxylic acids is 1. The van der Waals surface area contributed by atoms with Gasteiger partial charge in [-0.3, -0.25) is 9.00 Å². The summed E-state index contributed by atoms with van der Waals surface area (Å²) in [5.41, 5.74) is 0.595. The summed E-state index contributed by atoms with van der Waals surface area (Å²) in [6.07, 6.45) is 0. The maximum Gasteiger partial charge on any atom is 0.237 e. The molecular weight excluding hydrogens is 332 g/mol. The molecule has 0 heterocycles. The average Bonchev–Trinajstić information content (AvgIpc) is 2.41. The lowest BCUT2D eigenvalue weighted by Crippen LogP contribution is -2.20. The van der Waals surface area contributed by atoms with Crippen LogP contribution in [-0.2, 0) is 21.3 Å². The number of anilines is 1. The molecule has 7 heteroatoms. The Morgan fingerprint density at radius 2 is 1.95 bits per heavy atom. The molecule has 0 aliphatic rings. The van der Waals surface area contributed by atoms with E-state index in [1.165, 1.54) is 0 Å². The van der Waals surface area contributed by atoms with Gasteiger partial charge in [-0.1, -0.05) is 23.7 Å². The van der Waals surface area contributed by atoms with Gasteiger partial charge >= 0.3 is 0 Å². The predicted molar refractivity (Wildman–Crippen MR) is 83.2 cm³/mol. The first-order chi connectivity index (χ1) is 10.4. The standard InChI is InChI=1S/C15H12ClF2NO2S/c16-11-3-1-2-10(6-11)8-22(21)9-15(20)19-14-5-4-12(17)7-13(14)18/h1-7H,8-9H2,(H,19,20)/t22-/m1/s1. The smallest absolute Gasteiger partial charge is 0.237 e. The molecule has 0 aromatic heterocycles. The minimum absolute atomic E-state index is 0.147. The van der Waals surface area contributed by atoms with Crippen LogP contribution in [0.15, 0.2) is 42.5 Å². The van der Waals surface area contributed by atoms with Crippen LogP contribution in [0.25, 0.3) is 0 Å². The molecule has 0 saturated heterocycles. The molecular formula is C15H12ClF2NO2S. The zero-order chi connectivity index (χ0) is 16.1. The highest BCUT2D eigenvalue weighted by atomic mass is 35.5. The SMILES string of the molecule is O=C(C[S@](=O)Cc1cccc(Cl)c1)Nc1ccc(F)cc1F. The van der Waals surface area contributed by atoms with Crippen LogP contribution in [0.4, 0.5) is 14.5 Å². The fourth-order valence-electron chi connectivity index (χ4n) is 1.79. The Labute approximate surface area is 133 Å². The zero-order valence-electron chi connectivity index (χ0n) is 11.3. The lowest BCUT2D eigenvalue weighted by atomic mass is 10.2. The molecule has 0 saturated carbocycles. The molecule has 0 bridgehead atoms. The number of hydrogen-bond acceptors (Lipinski definition) is 2. The zero-order valence-corrected chi connectivity index (χ0v) is 12.9. The van der Waals surface area contributed by atoms with E-state index < -0.39 is 28.3 Å². The highest BCUT2D eigenvalue weighted by Gasteiger charge is 2.12.